The molecule has 1 aromatic carbocycles. The third-order valence-corrected chi connectivity index (χ3v) is 9.13. The number of nitrogens with zero attached hydrogens (tertiary/aromatic N) is 3. The molecule has 13 heteroatoms. The molecule has 0 radical (unpaired) electrons. The molecule has 1 aliphatic rings. The van der Waals surface area contributed by atoms with Crippen LogP contribution in [0.15, 0.2) is 23.2 Å². The second-order valence-electron chi connectivity index (χ2n) is 8.62. The molecule has 0 saturated carbocycles. The highest BCUT2D eigenvalue weighted by Crippen LogP contribution is 2.38. The summed E-state index contributed by atoms with van der Waals surface area (Å²) in [5, 5.41) is 14.5. The van der Waals surface area contributed by atoms with Gasteiger partial charge in [0.2, 0.25) is 5.91 Å². The van der Waals surface area contributed by atoms with Crippen molar-refractivity contribution < 1.29 is 24.0 Å². The number of esters is 1. The topological polar surface area (TPSA) is 133 Å². The molecule has 2 amide bonds. The lowest BCUT2D eigenvalue weighted by molar-refractivity contribution is -0.384. The normalized spacial score (nSPS) is 13.4. The van der Waals surface area contributed by atoms with Crippen molar-refractivity contribution >= 4 is 73.1 Å². The van der Waals surface area contributed by atoms with Crippen LogP contribution < -0.4 is 10.1 Å². The molecule has 0 bridgehead atoms. The second kappa shape index (κ2) is 13.1. The number of thiazole rings is 1. The van der Waals surface area contributed by atoms with Crippen LogP contribution in [0.4, 0.5) is 10.7 Å². The maximum absolute atomic E-state index is 12.7. The molecule has 0 saturated heterocycles. The highest BCUT2D eigenvalue weighted by atomic mass is 32.2. The molecule has 3 aromatic rings. The van der Waals surface area contributed by atoms with E-state index < -0.39 is 16.8 Å². The van der Waals surface area contributed by atoms with Crippen molar-refractivity contribution in [1.82, 2.24) is 4.57 Å². The van der Waals surface area contributed by atoms with Crippen molar-refractivity contribution in [2.75, 3.05) is 23.4 Å². The van der Waals surface area contributed by atoms with E-state index in [1.165, 1.54) is 23.5 Å². The minimum absolute atomic E-state index is 0.00490. The van der Waals surface area contributed by atoms with Gasteiger partial charge in [-0.05, 0) is 44.2 Å². The van der Waals surface area contributed by atoms with E-state index in [0.29, 0.717) is 25.6 Å². The number of nitrogens with one attached hydrogen (secondary N) is 1. The van der Waals surface area contributed by atoms with Crippen molar-refractivity contribution in [1.29, 1.82) is 0 Å². The Morgan fingerprint density at radius 1 is 1.23 bits per heavy atom. The molecule has 2 heterocycles. The third kappa shape index (κ3) is 6.76. The van der Waals surface area contributed by atoms with Crippen LogP contribution in [-0.4, -0.2) is 45.4 Å². The third-order valence-electron chi connectivity index (χ3n) is 5.96. The second-order valence-corrected chi connectivity index (χ2v) is 11.7. The molecule has 204 valence electrons. The van der Waals surface area contributed by atoms with Gasteiger partial charge in [-0.25, -0.2) is 4.79 Å². The Hall–Kier alpha value is -3.47. The van der Waals surface area contributed by atoms with Gasteiger partial charge in [0.05, 0.1) is 45.4 Å². The fraction of sp³-hybridized carbons (Fsp3) is 0.385. The number of thioether (sulfide) groups is 1. The maximum Gasteiger partial charge on any atom is 0.341 e. The Morgan fingerprint density at radius 2 is 2.03 bits per heavy atom. The summed E-state index contributed by atoms with van der Waals surface area (Å²) in [7, 11) is 0. The average molecular weight is 587 g/mol. The van der Waals surface area contributed by atoms with Gasteiger partial charge in [-0.2, -0.15) is 4.99 Å². The highest BCUT2D eigenvalue weighted by Gasteiger charge is 2.26. The van der Waals surface area contributed by atoms with Crippen LogP contribution in [0.25, 0.3) is 10.2 Å². The highest BCUT2D eigenvalue weighted by molar-refractivity contribution is 8.00. The number of thiophene rings is 1. The van der Waals surface area contributed by atoms with Gasteiger partial charge in [-0.3, -0.25) is 19.7 Å². The van der Waals surface area contributed by atoms with E-state index in [9.17, 15) is 24.5 Å². The Bertz CT molecular complexity index is 1550. The summed E-state index contributed by atoms with van der Waals surface area (Å²) < 4.78 is 7.50. The number of terminal acetylenes is 1. The number of benzene rings is 1. The molecule has 10 nitrogen and oxygen atoms in total. The van der Waals surface area contributed by atoms with Crippen molar-refractivity contribution in [2.24, 2.45) is 4.99 Å². The molecule has 0 spiro atoms. The van der Waals surface area contributed by atoms with E-state index in [-0.39, 0.29) is 36.3 Å². The van der Waals surface area contributed by atoms with E-state index in [4.69, 9.17) is 11.2 Å². The Morgan fingerprint density at radius 3 is 2.77 bits per heavy atom. The van der Waals surface area contributed by atoms with Crippen LogP contribution in [0.2, 0.25) is 0 Å². The summed E-state index contributed by atoms with van der Waals surface area (Å²) >= 11 is 3.66. The fourth-order valence-electron chi connectivity index (χ4n) is 4.29. The van der Waals surface area contributed by atoms with Crippen molar-refractivity contribution in [3.63, 3.8) is 0 Å². The average Bonchev–Trinajstić information content (AvgIpc) is 3.31. The van der Waals surface area contributed by atoms with Gasteiger partial charge in [-0.15, -0.1) is 29.5 Å². The molecule has 39 heavy (non-hydrogen) atoms. The van der Waals surface area contributed by atoms with Gasteiger partial charge in [0, 0.05) is 17.0 Å². The SMILES string of the molecule is C#CCn1c(=NC(=O)CSCC(=O)Nc2sc3c(c2C(=O)OCC)CCCCC3)sc2cc([N+](=O)[O-])ccc21. The zero-order chi connectivity index (χ0) is 27.9. The van der Waals surface area contributed by atoms with E-state index in [0.717, 1.165) is 65.6 Å². The number of fused-ring (bicyclic) bond motifs is 2. The van der Waals surface area contributed by atoms with Gasteiger partial charge < -0.3 is 14.6 Å². The summed E-state index contributed by atoms with van der Waals surface area (Å²) in [5.74, 6) is 1.23. The first-order valence-electron chi connectivity index (χ1n) is 12.3. The largest absolute Gasteiger partial charge is 0.462 e. The summed E-state index contributed by atoms with van der Waals surface area (Å²) in [5.41, 5.74) is 2.01. The molecule has 0 fully saturated rings. The summed E-state index contributed by atoms with van der Waals surface area (Å²) in [6.07, 6.45) is 10.3. The number of nitro benzene ring substituents is 1. The number of non-ortho nitro benzene ring substituents is 1. The zero-order valence-corrected chi connectivity index (χ0v) is 23.6. The molecule has 0 unspecified atom stereocenters. The lowest BCUT2D eigenvalue weighted by atomic mass is 10.1. The number of hydrogen-bond donors (Lipinski definition) is 1. The molecule has 2 aromatic heterocycles. The van der Waals surface area contributed by atoms with Crippen LogP contribution in [0.3, 0.4) is 0 Å². The van der Waals surface area contributed by atoms with Crippen molar-refractivity contribution in [3.8, 4) is 12.3 Å². The maximum atomic E-state index is 12.7. The molecule has 4 rings (SSSR count). The first-order valence-corrected chi connectivity index (χ1v) is 15.1. The zero-order valence-electron chi connectivity index (χ0n) is 21.2. The minimum atomic E-state index is -0.489. The molecular formula is C26H26N4O6S3. The van der Waals surface area contributed by atoms with Gasteiger partial charge in [0.15, 0.2) is 4.80 Å². The Labute approximate surface area is 236 Å². The summed E-state index contributed by atoms with van der Waals surface area (Å²) in [6, 6.07) is 4.38. The number of rotatable bonds is 9. The van der Waals surface area contributed by atoms with Gasteiger partial charge in [-0.1, -0.05) is 23.7 Å². The summed E-state index contributed by atoms with van der Waals surface area (Å²) in [6.45, 7) is 2.14. The van der Waals surface area contributed by atoms with Crippen LogP contribution in [-0.2, 0) is 33.7 Å². The molecular weight excluding hydrogens is 561 g/mol. The van der Waals surface area contributed by atoms with Crippen molar-refractivity contribution in [2.45, 2.75) is 45.6 Å². The Balaban J connectivity index is 1.43. The summed E-state index contributed by atoms with van der Waals surface area (Å²) in [4.78, 5) is 54.2. The smallest absolute Gasteiger partial charge is 0.341 e. The Kier molecular flexibility index (Phi) is 9.55. The first-order chi connectivity index (χ1) is 18.8. The number of carbonyl (C=O) groups excluding carboxylic acids is 3. The number of aromatic nitrogens is 1. The number of amides is 2. The first kappa shape index (κ1) is 28.5. The monoisotopic (exact) mass is 586 g/mol. The molecule has 1 aliphatic carbocycles. The van der Waals surface area contributed by atoms with Gasteiger partial charge in [0.1, 0.15) is 5.00 Å². The lowest BCUT2D eigenvalue weighted by Gasteiger charge is -2.08. The van der Waals surface area contributed by atoms with Gasteiger partial charge >= 0.3 is 5.97 Å². The number of anilines is 1. The van der Waals surface area contributed by atoms with Crippen molar-refractivity contribution in [3.05, 3.63) is 49.1 Å². The standard InChI is InChI=1S/C26H26N4O6S3/c1-3-12-29-18-11-10-16(30(34)35)13-20(18)39-26(29)28-22(32)15-37-14-21(31)27-24-23(25(33)36-4-2)17-8-6-5-7-9-19(17)38-24/h1,10-11,13H,4-9,12,14-15H2,2H3,(H,27,31). The molecule has 0 aliphatic heterocycles. The quantitative estimate of drug-likeness (QED) is 0.128. The number of ether oxygens (including phenoxy) is 1. The van der Waals surface area contributed by atoms with Crippen LogP contribution in [0, 0.1) is 22.5 Å². The van der Waals surface area contributed by atoms with Crippen LogP contribution in [0.1, 0.15) is 47.0 Å². The number of hydrogen-bond acceptors (Lipinski definition) is 9. The predicted octanol–water partition coefficient (Wildman–Crippen LogP) is 4.55. The van der Waals surface area contributed by atoms with Gasteiger partial charge in [0.25, 0.3) is 11.6 Å². The predicted molar refractivity (Wildman–Crippen MR) is 153 cm³/mol. The molecule has 1 N–H and O–H groups in total. The lowest BCUT2D eigenvalue weighted by Crippen LogP contribution is -2.19. The van der Waals surface area contributed by atoms with E-state index >= 15 is 0 Å². The number of aryl methyl sites for hydroxylation is 1. The van der Waals surface area contributed by atoms with Crippen LogP contribution >= 0.6 is 34.4 Å². The minimum Gasteiger partial charge on any atom is -0.462 e. The van der Waals surface area contributed by atoms with E-state index in [1.54, 1.807) is 17.6 Å². The van der Waals surface area contributed by atoms with E-state index in [2.05, 4.69) is 16.2 Å². The van der Waals surface area contributed by atoms with Crippen LogP contribution in [0.5, 0.6) is 0 Å². The van der Waals surface area contributed by atoms with E-state index in [1.807, 2.05) is 0 Å². The molecule has 0 atom stereocenters. The number of carbonyl (C=O) groups is 3. The number of nitro groups is 1. The fourth-order valence-corrected chi connectivity index (χ4v) is 7.26.